The summed E-state index contributed by atoms with van der Waals surface area (Å²) in [5.41, 5.74) is 3.96. The molecule has 0 aliphatic carbocycles. The van der Waals surface area contributed by atoms with Crippen LogP contribution in [-0.2, 0) is 6.54 Å². The van der Waals surface area contributed by atoms with E-state index in [0.717, 1.165) is 21.7 Å². The number of aromatic nitrogens is 3. The summed E-state index contributed by atoms with van der Waals surface area (Å²) in [6.07, 6.45) is 0. The molecule has 2 aromatic heterocycles. The van der Waals surface area contributed by atoms with Crippen molar-refractivity contribution in [3.63, 3.8) is 0 Å². The van der Waals surface area contributed by atoms with Gasteiger partial charge in [0.1, 0.15) is 12.2 Å². The van der Waals surface area contributed by atoms with Crippen molar-refractivity contribution in [3.05, 3.63) is 79.5 Å². The van der Waals surface area contributed by atoms with Gasteiger partial charge in [-0.2, -0.15) is 5.10 Å². The Labute approximate surface area is 176 Å². The quantitative estimate of drug-likeness (QED) is 0.434. The number of Topliss-reactive ketones (excluding diaryl/α,β-unsaturated/α-hetero) is 1. The van der Waals surface area contributed by atoms with E-state index in [0.29, 0.717) is 26.5 Å². The highest BCUT2D eigenvalue weighted by molar-refractivity contribution is 7.19. The van der Waals surface area contributed by atoms with E-state index in [4.69, 9.17) is 11.6 Å². The molecular weight excluding hydrogens is 406 g/mol. The van der Waals surface area contributed by atoms with E-state index in [9.17, 15) is 9.59 Å². The normalized spacial score (nSPS) is 11.2. The molecule has 7 heteroatoms. The highest BCUT2D eigenvalue weighted by atomic mass is 35.5. The van der Waals surface area contributed by atoms with Crippen molar-refractivity contribution in [3.8, 4) is 11.3 Å². The molecule has 0 N–H and O–H groups in total. The number of nitrogens with zero attached hydrogens (tertiary/aromatic N) is 3. The predicted molar refractivity (Wildman–Crippen MR) is 117 cm³/mol. The third kappa shape index (κ3) is 3.73. The Morgan fingerprint density at radius 2 is 1.83 bits per heavy atom. The number of carbonyl (C=O) groups is 1. The van der Waals surface area contributed by atoms with Crippen LogP contribution in [0.15, 0.2) is 47.3 Å². The zero-order chi connectivity index (χ0) is 20.7. The lowest BCUT2D eigenvalue weighted by molar-refractivity contribution is 0.0965. The summed E-state index contributed by atoms with van der Waals surface area (Å²) < 4.78 is 1.93. The van der Waals surface area contributed by atoms with Crippen LogP contribution in [0.3, 0.4) is 0 Å². The van der Waals surface area contributed by atoms with Crippen molar-refractivity contribution in [1.82, 2.24) is 14.8 Å². The average molecular weight is 424 g/mol. The van der Waals surface area contributed by atoms with Crippen molar-refractivity contribution in [2.45, 2.75) is 27.3 Å². The molecular formula is C22H18ClN3O2S. The van der Waals surface area contributed by atoms with Crippen LogP contribution in [0.4, 0.5) is 0 Å². The molecule has 4 rings (SSSR count). The van der Waals surface area contributed by atoms with Crippen molar-refractivity contribution < 1.29 is 4.79 Å². The molecule has 0 atom stereocenters. The largest absolute Gasteiger partial charge is 0.294 e. The molecule has 146 valence electrons. The second-order valence-corrected chi connectivity index (χ2v) is 8.61. The summed E-state index contributed by atoms with van der Waals surface area (Å²) in [6.45, 7) is 5.57. The molecule has 2 aromatic carbocycles. The molecule has 0 aliphatic rings. The molecule has 0 unspecified atom stereocenters. The van der Waals surface area contributed by atoms with Crippen LogP contribution >= 0.6 is 22.9 Å². The number of hydrogen-bond acceptors (Lipinski definition) is 5. The van der Waals surface area contributed by atoms with Crippen molar-refractivity contribution >= 4 is 38.9 Å². The minimum absolute atomic E-state index is 0.143. The number of rotatable bonds is 4. The number of thiazole rings is 1. The Hall–Kier alpha value is -2.83. The zero-order valence-electron chi connectivity index (χ0n) is 16.2. The van der Waals surface area contributed by atoms with Gasteiger partial charge >= 0.3 is 0 Å². The molecule has 0 spiro atoms. The third-order valence-electron chi connectivity index (χ3n) is 4.70. The van der Waals surface area contributed by atoms with Crippen LogP contribution in [0.25, 0.3) is 21.5 Å². The van der Waals surface area contributed by atoms with Gasteiger partial charge in [0.05, 0.1) is 9.71 Å². The highest BCUT2D eigenvalue weighted by Crippen LogP contribution is 2.30. The van der Waals surface area contributed by atoms with E-state index in [1.807, 2.05) is 45.0 Å². The SMILES string of the molecule is Cc1ccc(C(=O)Cn2nc(-c3ccc(Cl)cc3)c3sc(C)nc3c2=O)c(C)c1. The second kappa shape index (κ2) is 7.54. The second-order valence-electron chi connectivity index (χ2n) is 6.97. The zero-order valence-corrected chi connectivity index (χ0v) is 17.8. The number of benzene rings is 2. The van der Waals surface area contributed by atoms with Gasteiger partial charge in [0.2, 0.25) is 0 Å². The van der Waals surface area contributed by atoms with Crippen LogP contribution in [0.5, 0.6) is 0 Å². The Morgan fingerprint density at radius 3 is 2.52 bits per heavy atom. The fourth-order valence-electron chi connectivity index (χ4n) is 3.32. The Morgan fingerprint density at radius 1 is 1.10 bits per heavy atom. The van der Waals surface area contributed by atoms with Crippen LogP contribution in [-0.4, -0.2) is 20.5 Å². The van der Waals surface area contributed by atoms with Crippen molar-refractivity contribution in [1.29, 1.82) is 0 Å². The van der Waals surface area contributed by atoms with E-state index in [2.05, 4.69) is 10.1 Å². The van der Waals surface area contributed by atoms with Crippen molar-refractivity contribution in [2.75, 3.05) is 0 Å². The van der Waals surface area contributed by atoms with Crippen LogP contribution in [0, 0.1) is 20.8 Å². The first-order chi connectivity index (χ1) is 13.8. The van der Waals surface area contributed by atoms with E-state index in [-0.39, 0.29) is 17.9 Å². The number of aryl methyl sites for hydroxylation is 3. The standard InChI is InChI=1S/C22H18ClN3O2S/c1-12-4-9-17(13(2)10-12)18(27)11-26-22(28)20-21(29-14(3)24-20)19(25-26)15-5-7-16(23)8-6-15/h4-10H,11H2,1-3H3. The molecule has 0 radical (unpaired) electrons. The van der Waals surface area contributed by atoms with E-state index >= 15 is 0 Å². The fourth-order valence-corrected chi connectivity index (χ4v) is 4.36. The highest BCUT2D eigenvalue weighted by Gasteiger charge is 2.19. The molecule has 0 saturated heterocycles. The van der Waals surface area contributed by atoms with Crippen LogP contribution < -0.4 is 5.56 Å². The lowest BCUT2D eigenvalue weighted by atomic mass is 10.0. The van der Waals surface area contributed by atoms with Gasteiger partial charge in [-0.25, -0.2) is 9.67 Å². The smallest absolute Gasteiger partial charge is 0.292 e. The maximum absolute atomic E-state index is 13.0. The van der Waals surface area contributed by atoms with Gasteiger partial charge in [0.15, 0.2) is 11.3 Å². The minimum Gasteiger partial charge on any atom is -0.292 e. The third-order valence-corrected chi connectivity index (χ3v) is 5.93. The Bertz CT molecular complexity index is 1310. The number of ketones is 1. The number of fused-ring (bicyclic) bond motifs is 1. The number of carbonyl (C=O) groups excluding carboxylic acids is 1. The van der Waals surface area contributed by atoms with Gasteiger partial charge < -0.3 is 0 Å². The predicted octanol–water partition coefficient (Wildman–Crippen LogP) is 4.98. The topological polar surface area (TPSA) is 64.8 Å². The molecule has 29 heavy (non-hydrogen) atoms. The molecule has 0 bridgehead atoms. The fraction of sp³-hybridized carbons (Fsp3) is 0.182. The first-order valence-corrected chi connectivity index (χ1v) is 10.3. The Balaban J connectivity index is 1.84. The maximum atomic E-state index is 13.0. The summed E-state index contributed by atoms with van der Waals surface area (Å²) >= 11 is 7.43. The molecule has 2 heterocycles. The van der Waals surface area contributed by atoms with Gasteiger partial charge in [0, 0.05) is 16.1 Å². The minimum atomic E-state index is -0.361. The summed E-state index contributed by atoms with van der Waals surface area (Å²) in [7, 11) is 0. The van der Waals surface area contributed by atoms with Gasteiger partial charge in [-0.05, 0) is 38.5 Å². The van der Waals surface area contributed by atoms with E-state index in [1.165, 1.54) is 16.0 Å². The van der Waals surface area contributed by atoms with Crippen LogP contribution in [0.1, 0.15) is 26.5 Å². The monoisotopic (exact) mass is 423 g/mol. The molecule has 0 saturated carbocycles. The molecule has 4 aromatic rings. The summed E-state index contributed by atoms with van der Waals surface area (Å²) in [5.74, 6) is -0.162. The Kier molecular flexibility index (Phi) is 5.06. The molecule has 0 aliphatic heterocycles. The number of hydrogen-bond donors (Lipinski definition) is 0. The van der Waals surface area contributed by atoms with Gasteiger partial charge in [-0.1, -0.05) is 47.5 Å². The first-order valence-electron chi connectivity index (χ1n) is 9.08. The lowest BCUT2D eigenvalue weighted by Crippen LogP contribution is -2.27. The van der Waals surface area contributed by atoms with E-state index < -0.39 is 0 Å². The van der Waals surface area contributed by atoms with E-state index in [1.54, 1.807) is 18.2 Å². The summed E-state index contributed by atoms with van der Waals surface area (Å²) in [6, 6.07) is 12.9. The van der Waals surface area contributed by atoms with Gasteiger partial charge in [-0.3, -0.25) is 9.59 Å². The van der Waals surface area contributed by atoms with Crippen molar-refractivity contribution in [2.24, 2.45) is 0 Å². The number of halogens is 1. The summed E-state index contributed by atoms with van der Waals surface area (Å²) in [5, 5.41) is 5.92. The maximum Gasteiger partial charge on any atom is 0.294 e. The molecule has 0 amide bonds. The summed E-state index contributed by atoms with van der Waals surface area (Å²) in [4.78, 5) is 30.2. The van der Waals surface area contributed by atoms with Gasteiger partial charge in [-0.15, -0.1) is 11.3 Å². The van der Waals surface area contributed by atoms with Crippen LogP contribution in [0.2, 0.25) is 5.02 Å². The average Bonchev–Trinajstić information content (AvgIpc) is 3.06. The van der Waals surface area contributed by atoms with Gasteiger partial charge in [0.25, 0.3) is 5.56 Å². The lowest BCUT2D eigenvalue weighted by Gasteiger charge is -2.10. The molecule has 5 nitrogen and oxygen atoms in total. The molecule has 0 fully saturated rings. The first kappa shape index (κ1) is 19.5.